The summed E-state index contributed by atoms with van der Waals surface area (Å²) in [5.41, 5.74) is 0. The van der Waals surface area contributed by atoms with Crippen LogP contribution in [-0.4, -0.2) is 52.5 Å². The van der Waals surface area contributed by atoms with Gasteiger partial charge in [-0.05, 0) is 31.6 Å². The molecule has 5 heteroatoms. The summed E-state index contributed by atoms with van der Waals surface area (Å²) in [6, 6.07) is 0. The maximum absolute atomic E-state index is 5.73. The van der Waals surface area contributed by atoms with Crippen LogP contribution in [0, 0.1) is 11.8 Å². The van der Waals surface area contributed by atoms with Gasteiger partial charge in [-0.1, -0.05) is 32.1 Å². The largest absolute Gasteiger partial charge is 0.381 e. The van der Waals surface area contributed by atoms with E-state index in [1.165, 1.54) is 44.9 Å². The molecule has 2 rings (SSSR count). The first-order valence-electron chi connectivity index (χ1n) is 9.98. The van der Waals surface area contributed by atoms with Crippen molar-refractivity contribution in [3.63, 3.8) is 0 Å². The van der Waals surface area contributed by atoms with Crippen LogP contribution in [0.15, 0.2) is 4.99 Å². The fourth-order valence-electron chi connectivity index (χ4n) is 3.55. The highest BCUT2D eigenvalue weighted by atomic mass is 16.5. The Morgan fingerprint density at radius 3 is 2.54 bits per heavy atom. The number of guanidine groups is 1. The van der Waals surface area contributed by atoms with E-state index in [1.807, 2.05) is 7.05 Å². The van der Waals surface area contributed by atoms with Gasteiger partial charge in [0.25, 0.3) is 0 Å². The van der Waals surface area contributed by atoms with Gasteiger partial charge in [0.15, 0.2) is 5.96 Å². The van der Waals surface area contributed by atoms with Crippen molar-refractivity contribution in [2.75, 3.05) is 46.6 Å². The highest BCUT2D eigenvalue weighted by Crippen LogP contribution is 2.21. The van der Waals surface area contributed by atoms with Gasteiger partial charge < -0.3 is 20.1 Å². The molecule has 1 aliphatic heterocycles. The molecule has 1 aliphatic carbocycles. The van der Waals surface area contributed by atoms with Crippen molar-refractivity contribution in [3.8, 4) is 0 Å². The third-order valence-electron chi connectivity index (χ3n) is 5.14. The van der Waals surface area contributed by atoms with Crippen LogP contribution < -0.4 is 10.6 Å². The normalized spacial score (nSPS) is 23.7. The molecule has 0 bridgehead atoms. The van der Waals surface area contributed by atoms with Gasteiger partial charge in [0, 0.05) is 39.3 Å². The first-order chi connectivity index (χ1) is 11.9. The van der Waals surface area contributed by atoms with Crippen LogP contribution >= 0.6 is 0 Å². The fraction of sp³-hybridized carbons (Fsp3) is 0.947. The molecule has 0 amide bonds. The fourth-order valence-corrected chi connectivity index (χ4v) is 3.55. The predicted octanol–water partition coefficient (Wildman–Crippen LogP) is 2.96. The molecule has 0 spiro atoms. The number of hydrogen-bond donors (Lipinski definition) is 2. The van der Waals surface area contributed by atoms with E-state index in [-0.39, 0.29) is 0 Å². The van der Waals surface area contributed by atoms with Crippen molar-refractivity contribution in [2.45, 2.75) is 57.8 Å². The molecule has 5 nitrogen and oxygen atoms in total. The molecule has 2 fully saturated rings. The zero-order chi connectivity index (χ0) is 16.9. The molecule has 0 aromatic carbocycles. The Balaban J connectivity index is 1.48. The highest BCUT2D eigenvalue weighted by Gasteiger charge is 2.15. The monoisotopic (exact) mass is 339 g/mol. The molecule has 0 radical (unpaired) electrons. The number of nitrogens with one attached hydrogen (secondary N) is 2. The van der Waals surface area contributed by atoms with Crippen LogP contribution in [0.4, 0.5) is 0 Å². The summed E-state index contributed by atoms with van der Waals surface area (Å²) in [5.74, 6) is 2.35. The summed E-state index contributed by atoms with van der Waals surface area (Å²) in [6.07, 6.45) is 11.9. The number of aliphatic imine (C=N–C) groups is 1. The van der Waals surface area contributed by atoms with Crippen LogP contribution in [0.5, 0.6) is 0 Å². The lowest BCUT2D eigenvalue weighted by Crippen LogP contribution is -2.40. The van der Waals surface area contributed by atoms with Gasteiger partial charge in [0.2, 0.25) is 0 Å². The van der Waals surface area contributed by atoms with E-state index < -0.39 is 0 Å². The maximum atomic E-state index is 5.73. The van der Waals surface area contributed by atoms with E-state index >= 15 is 0 Å². The number of rotatable bonds is 8. The van der Waals surface area contributed by atoms with Gasteiger partial charge >= 0.3 is 0 Å². The second-order valence-corrected chi connectivity index (χ2v) is 7.25. The van der Waals surface area contributed by atoms with Crippen LogP contribution in [0.1, 0.15) is 57.8 Å². The molecular formula is C19H37N3O2. The zero-order valence-corrected chi connectivity index (χ0v) is 15.5. The zero-order valence-electron chi connectivity index (χ0n) is 15.5. The average Bonchev–Trinajstić information content (AvgIpc) is 3.08. The molecule has 1 saturated carbocycles. The van der Waals surface area contributed by atoms with E-state index in [0.717, 1.165) is 64.2 Å². The summed E-state index contributed by atoms with van der Waals surface area (Å²) in [7, 11) is 1.85. The smallest absolute Gasteiger partial charge is 0.190 e. The second-order valence-electron chi connectivity index (χ2n) is 7.25. The summed E-state index contributed by atoms with van der Waals surface area (Å²) in [5, 5.41) is 6.90. The van der Waals surface area contributed by atoms with Crippen LogP contribution in [0.2, 0.25) is 0 Å². The van der Waals surface area contributed by atoms with Crippen molar-refractivity contribution < 1.29 is 9.47 Å². The van der Waals surface area contributed by atoms with Gasteiger partial charge in [-0.3, -0.25) is 4.99 Å². The van der Waals surface area contributed by atoms with E-state index in [1.54, 1.807) is 0 Å². The van der Waals surface area contributed by atoms with Crippen molar-refractivity contribution >= 4 is 5.96 Å². The Bertz CT molecular complexity index is 336. The Morgan fingerprint density at radius 1 is 1.04 bits per heavy atom. The summed E-state index contributed by atoms with van der Waals surface area (Å²) in [6.45, 7) is 5.38. The standard InChI is InChI=1S/C19H37N3O2/c1-20-19(22-14-17-8-5-3-2-4-6-9-17)21-11-7-12-23-15-18-10-13-24-16-18/h17-18H,2-16H2,1H3,(H2,20,21,22). The SMILES string of the molecule is CN=C(NCCCOCC1CCOC1)NCC1CCCCCCC1. The third-order valence-corrected chi connectivity index (χ3v) is 5.14. The first-order valence-corrected chi connectivity index (χ1v) is 9.98. The maximum Gasteiger partial charge on any atom is 0.190 e. The van der Waals surface area contributed by atoms with Crippen LogP contribution in [-0.2, 0) is 9.47 Å². The Kier molecular flexibility index (Phi) is 10.2. The minimum absolute atomic E-state index is 0.608. The lowest BCUT2D eigenvalue weighted by molar-refractivity contribution is 0.0888. The molecule has 1 heterocycles. The minimum atomic E-state index is 0.608. The van der Waals surface area contributed by atoms with E-state index in [4.69, 9.17) is 9.47 Å². The van der Waals surface area contributed by atoms with Gasteiger partial charge in [-0.15, -0.1) is 0 Å². The molecule has 0 aromatic rings. The Hall–Kier alpha value is -0.810. The average molecular weight is 340 g/mol. The molecule has 1 atom stereocenters. The summed E-state index contributed by atoms with van der Waals surface area (Å²) < 4.78 is 11.1. The molecular weight excluding hydrogens is 302 g/mol. The van der Waals surface area contributed by atoms with Crippen molar-refractivity contribution in [1.29, 1.82) is 0 Å². The molecule has 2 aliphatic rings. The lowest BCUT2D eigenvalue weighted by atomic mass is 9.91. The van der Waals surface area contributed by atoms with E-state index in [9.17, 15) is 0 Å². The Labute approximate surface area is 148 Å². The van der Waals surface area contributed by atoms with Gasteiger partial charge in [-0.2, -0.15) is 0 Å². The van der Waals surface area contributed by atoms with Crippen molar-refractivity contribution in [3.05, 3.63) is 0 Å². The third kappa shape index (κ3) is 8.34. The van der Waals surface area contributed by atoms with E-state index in [0.29, 0.717) is 5.92 Å². The molecule has 1 saturated heterocycles. The summed E-state index contributed by atoms with van der Waals surface area (Å²) in [4.78, 5) is 4.33. The lowest BCUT2D eigenvalue weighted by Gasteiger charge is -2.21. The predicted molar refractivity (Wildman–Crippen MR) is 99.5 cm³/mol. The summed E-state index contributed by atoms with van der Waals surface area (Å²) >= 11 is 0. The van der Waals surface area contributed by atoms with E-state index in [2.05, 4.69) is 15.6 Å². The van der Waals surface area contributed by atoms with Gasteiger partial charge in [0.05, 0.1) is 13.2 Å². The highest BCUT2D eigenvalue weighted by molar-refractivity contribution is 5.79. The van der Waals surface area contributed by atoms with Gasteiger partial charge in [0.1, 0.15) is 0 Å². The number of ether oxygens (including phenoxy) is 2. The molecule has 24 heavy (non-hydrogen) atoms. The molecule has 1 unspecified atom stereocenters. The second kappa shape index (κ2) is 12.5. The minimum Gasteiger partial charge on any atom is -0.381 e. The van der Waals surface area contributed by atoms with Crippen LogP contribution in [0.25, 0.3) is 0 Å². The van der Waals surface area contributed by atoms with Crippen molar-refractivity contribution in [2.24, 2.45) is 16.8 Å². The Morgan fingerprint density at radius 2 is 1.83 bits per heavy atom. The molecule has 140 valence electrons. The quantitative estimate of drug-likeness (QED) is 0.405. The van der Waals surface area contributed by atoms with Crippen molar-refractivity contribution in [1.82, 2.24) is 10.6 Å². The number of nitrogens with zero attached hydrogens (tertiary/aromatic N) is 1. The first kappa shape index (κ1) is 19.5. The molecule has 0 aromatic heterocycles. The topological polar surface area (TPSA) is 54.9 Å². The van der Waals surface area contributed by atoms with Crippen LogP contribution in [0.3, 0.4) is 0 Å². The number of hydrogen-bond acceptors (Lipinski definition) is 3. The van der Waals surface area contributed by atoms with Gasteiger partial charge in [-0.25, -0.2) is 0 Å². The molecule has 2 N–H and O–H groups in total.